The van der Waals surface area contributed by atoms with Crippen molar-refractivity contribution in [1.29, 1.82) is 0 Å². The number of carbonyl (C=O) groups excluding carboxylic acids is 1. The van der Waals surface area contributed by atoms with Crippen molar-refractivity contribution in [3.8, 4) is 0 Å². The number of carboxylic acid groups (broad SMARTS) is 1. The lowest BCUT2D eigenvalue weighted by molar-refractivity contribution is -0.142. The molecule has 2 atom stereocenters. The number of thioether (sulfide) groups is 1. The zero-order valence-corrected chi connectivity index (χ0v) is 12.6. The summed E-state index contributed by atoms with van der Waals surface area (Å²) in [7, 11) is 0. The van der Waals surface area contributed by atoms with Gasteiger partial charge in [0, 0.05) is 18.8 Å². The van der Waals surface area contributed by atoms with Crippen LogP contribution in [0.4, 0.5) is 4.39 Å². The van der Waals surface area contributed by atoms with E-state index in [1.54, 1.807) is 17.0 Å². The topological polar surface area (TPSA) is 57.6 Å². The summed E-state index contributed by atoms with van der Waals surface area (Å²) < 4.78 is 12.8. The lowest BCUT2D eigenvalue weighted by Gasteiger charge is -2.15. The third-order valence-electron chi connectivity index (χ3n) is 3.69. The van der Waals surface area contributed by atoms with Crippen molar-refractivity contribution in [3.63, 3.8) is 0 Å². The first-order valence-electron chi connectivity index (χ1n) is 6.80. The van der Waals surface area contributed by atoms with E-state index in [1.807, 2.05) is 6.92 Å². The molecule has 1 amide bonds. The van der Waals surface area contributed by atoms with Crippen LogP contribution in [0.2, 0.25) is 0 Å². The van der Waals surface area contributed by atoms with Crippen molar-refractivity contribution >= 4 is 23.6 Å². The number of carbonyl (C=O) groups is 2. The van der Waals surface area contributed by atoms with Gasteiger partial charge in [0.25, 0.3) is 0 Å². The number of amides is 1. The molecule has 1 aromatic carbocycles. The summed E-state index contributed by atoms with van der Waals surface area (Å²) in [6.07, 6.45) is 0. The highest BCUT2D eigenvalue weighted by molar-refractivity contribution is 7.99. The number of aliphatic carboxylic acids is 1. The summed E-state index contributed by atoms with van der Waals surface area (Å²) in [5, 5.41) is 9.06. The average Bonchev–Trinajstić information content (AvgIpc) is 2.83. The van der Waals surface area contributed by atoms with Crippen LogP contribution in [0.25, 0.3) is 0 Å². The fourth-order valence-electron chi connectivity index (χ4n) is 2.42. The molecule has 0 saturated carbocycles. The third kappa shape index (κ3) is 4.20. The molecular weight excluding hydrogens is 293 g/mol. The molecule has 2 rings (SSSR count). The minimum atomic E-state index is -0.836. The molecule has 4 nitrogen and oxygen atoms in total. The average molecular weight is 311 g/mol. The van der Waals surface area contributed by atoms with Crippen LogP contribution >= 0.6 is 11.8 Å². The van der Waals surface area contributed by atoms with E-state index in [-0.39, 0.29) is 17.6 Å². The first-order valence-corrected chi connectivity index (χ1v) is 7.95. The standard InChI is InChI=1S/C15H18FNO3S/c1-10-6-17(7-13(10)15(19)20)14(18)9-21-8-11-2-4-12(16)5-3-11/h2-5,10,13H,6-9H2,1H3,(H,19,20)/t10-,13-/m1/s1. The van der Waals surface area contributed by atoms with Gasteiger partial charge in [-0.25, -0.2) is 4.39 Å². The second-order valence-corrected chi connectivity index (χ2v) is 6.33. The second-order valence-electron chi connectivity index (χ2n) is 5.34. The van der Waals surface area contributed by atoms with Crippen molar-refractivity contribution in [3.05, 3.63) is 35.6 Å². The Hall–Kier alpha value is -1.56. The highest BCUT2D eigenvalue weighted by Crippen LogP contribution is 2.24. The van der Waals surface area contributed by atoms with E-state index in [2.05, 4.69) is 0 Å². The first kappa shape index (κ1) is 15.8. The van der Waals surface area contributed by atoms with Crippen LogP contribution in [-0.2, 0) is 15.3 Å². The Morgan fingerprint density at radius 3 is 2.57 bits per heavy atom. The maximum Gasteiger partial charge on any atom is 0.308 e. The minimum Gasteiger partial charge on any atom is -0.481 e. The van der Waals surface area contributed by atoms with Gasteiger partial charge in [0.05, 0.1) is 11.7 Å². The van der Waals surface area contributed by atoms with E-state index in [0.29, 0.717) is 24.6 Å². The molecule has 6 heteroatoms. The number of hydrogen-bond donors (Lipinski definition) is 1. The van der Waals surface area contributed by atoms with Gasteiger partial charge in [0.15, 0.2) is 0 Å². The summed E-state index contributed by atoms with van der Waals surface area (Å²) in [4.78, 5) is 24.7. The zero-order chi connectivity index (χ0) is 15.4. The van der Waals surface area contributed by atoms with Crippen LogP contribution in [0.5, 0.6) is 0 Å². The Balaban J connectivity index is 1.77. The van der Waals surface area contributed by atoms with Gasteiger partial charge < -0.3 is 10.0 Å². The number of rotatable bonds is 5. The Morgan fingerprint density at radius 2 is 2.00 bits per heavy atom. The van der Waals surface area contributed by atoms with Crippen molar-refractivity contribution in [2.75, 3.05) is 18.8 Å². The smallest absolute Gasteiger partial charge is 0.308 e. The fraction of sp³-hybridized carbons (Fsp3) is 0.467. The van der Waals surface area contributed by atoms with Gasteiger partial charge in [-0.1, -0.05) is 19.1 Å². The van der Waals surface area contributed by atoms with E-state index >= 15 is 0 Å². The van der Waals surface area contributed by atoms with Crippen LogP contribution in [0, 0.1) is 17.7 Å². The summed E-state index contributed by atoms with van der Waals surface area (Å²) in [5.74, 6) is -0.654. The van der Waals surface area contributed by atoms with Gasteiger partial charge in [-0.3, -0.25) is 9.59 Å². The van der Waals surface area contributed by atoms with E-state index in [4.69, 9.17) is 5.11 Å². The van der Waals surface area contributed by atoms with Gasteiger partial charge in [0.2, 0.25) is 5.91 Å². The normalized spacial score (nSPS) is 21.5. The molecule has 21 heavy (non-hydrogen) atoms. The fourth-order valence-corrected chi connectivity index (χ4v) is 3.31. The molecule has 0 radical (unpaired) electrons. The van der Waals surface area contributed by atoms with Crippen LogP contribution in [0.3, 0.4) is 0 Å². The zero-order valence-electron chi connectivity index (χ0n) is 11.8. The largest absolute Gasteiger partial charge is 0.481 e. The molecule has 0 aromatic heterocycles. The van der Waals surface area contributed by atoms with Crippen molar-refractivity contribution in [2.24, 2.45) is 11.8 Å². The molecule has 1 heterocycles. The van der Waals surface area contributed by atoms with Crippen LogP contribution in [0.15, 0.2) is 24.3 Å². The maximum absolute atomic E-state index is 12.8. The van der Waals surface area contributed by atoms with Gasteiger partial charge in [-0.2, -0.15) is 0 Å². The summed E-state index contributed by atoms with van der Waals surface area (Å²) >= 11 is 1.46. The van der Waals surface area contributed by atoms with Gasteiger partial charge in [0.1, 0.15) is 5.82 Å². The molecule has 1 saturated heterocycles. The van der Waals surface area contributed by atoms with Gasteiger partial charge in [-0.15, -0.1) is 11.8 Å². The van der Waals surface area contributed by atoms with Gasteiger partial charge in [-0.05, 0) is 23.6 Å². The van der Waals surface area contributed by atoms with E-state index in [0.717, 1.165) is 5.56 Å². The maximum atomic E-state index is 12.8. The number of halogens is 1. The Labute approximate surface area is 127 Å². The predicted molar refractivity (Wildman–Crippen MR) is 79.4 cm³/mol. The third-order valence-corrected chi connectivity index (χ3v) is 4.68. The molecule has 0 bridgehead atoms. The van der Waals surface area contributed by atoms with Crippen molar-refractivity contribution < 1.29 is 19.1 Å². The van der Waals surface area contributed by atoms with Crippen LogP contribution in [0.1, 0.15) is 12.5 Å². The SMILES string of the molecule is C[C@@H]1CN(C(=O)CSCc2ccc(F)cc2)C[C@H]1C(=O)O. The van der Waals surface area contributed by atoms with E-state index in [9.17, 15) is 14.0 Å². The quantitative estimate of drug-likeness (QED) is 0.906. The van der Waals surface area contributed by atoms with Crippen molar-refractivity contribution in [1.82, 2.24) is 4.90 Å². The molecule has 114 valence electrons. The van der Waals surface area contributed by atoms with E-state index in [1.165, 1.54) is 23.9 Å². The monoisotopic (exact) mass is 311 g/mol. The molecule has 0 unspecified atom stereocenters. The highest BCUT2D eigenvalue weighted by atomic mass is 32.2. The summed E-state index contributed by atoms with van der Waals surface area (Å²) in [6.45, 7) is 2.66. The number of benzene rings is 1. The summed E-state index contributed by atoms with van der Waals surface area (Å²) in [5.41, 5.74) is 0.965. The highest BCUT2D eigenvalue weighted by Gasteiger charge is 2.36. The van der Waals surface area contributed by atoms with Crippen molar-refractivity contribution in [2.45, 2.75) is 12.7 Å². The Bertz CT molecular complexity index is 520. The molecule has 1 aromatic rings. The lowest BCUT2D eigenvalue weighted by Crippen LogP contribution is -2.31. The Morgan fingerprint density at radius 1 is 1.33 bits per heavy atom. The van der Waals surface area contributed by atoms with E-state index < -0.39 is 11.9 Å². The lowest BCUT2D eigenvalue weighted by atomic mass is 9.99. The molecule has 1 aliphatic rings. The predicted octanol–water partition coefficient (Wildman–Crippen LogP) is 2.24. The van der Waals surface area contributed by atoms with Crippen LogP contribution < -0.4 is 0 Å². The Kier molecular flexibility index (Phi) is 5.22. The van der Waals surface area contributed by atoms with Crippen LogP contribution in [-0.4, -0.2) is 40.7 Å². The molecule has 0 aliphatic carbocycles. The molecule has 0 spiro atoms. The number of hydrogen-bond acceptors (Lipinski definition) is 3. The first-order chi connectivity index (χ1) is 9.97. The number of carboxylic acids is 1. The van der Waals surface area contributed by atoms with Gasteiger partial charge >= 0.3 is 5.97 Å². The minimum absolute atomic E-state index is 0.00597. The molecule has 1 aliphatic heterocycles. The second kappa shape index (κ2) is 6.93. The molecule has 1 fully saturated rings. The number of likely N-dealkylation sites (tertiary alicyclic amines) is 1. The molecular formula is C15H18FNO3S. The summed E-state index contributed by atoms with van der Waals surface area (Å²) in [6, 6.07) is 6.20. The molecule has 1 N–H and O–H groups in total. The number of nitrogens with zero attached hydrogens (tertiary/aromatic N) is 1.